The Bertz CT molecular complexity index is 526. The van der Waals surface area contributed by atoms with Crippen molar-refractivity contribution in [2.75, 3.05) is 12.3 Å². The molecule has 1 aromatic carbocycles. The molecule has 2 rings (SSSR count). The summed E-state index contributed by atoms with van der Waals surface area (Å²) in [5.74, 6) is 0.476. The average molecular weight is 261 g/mol. The van der Waals surface area contributed by atoms with E-state index in [9.17, 15) is 4.79 Å². The van der Waals surface area contributed by atoms with E-state index >= 15 is 0 Å². The number of para-hydroxylation sites is 2. The molecule has 0 aliphatic rings. The molecule has 0 aliphatic heterocycles. The van der Waals surface area contributed by atoms with Crippen LogP contribution in [0.15, 0.2) is 41.1 Å². The molecule has 0 saturated heterocycles. The highest BCUT2D eigenvalue weighted by molar-refractivity contribution is 5.75. The summed E-state index contributed by atoms with van der Waals surface area (Å²) in [7, 11) is 0. The van der Waals surface area contributed by atoms with Crippen LogP contribution in [0, 0.1) is 0 Å². The highest BCUT2D eigenvalue weighted by Crippen LogP contribution is 2.19. The van der Waals surface area contributed by atoms with E-state index in [0.717, 1.165) is 0 Å². The van der Waals surface area contributed by atoms with Gasteiger partial charge in [-0.2, -0.15) is 0 Å². The second kappa shape index (κ2) is 6.44. The molecule has 6 heteroatoms. The third-order valence-electron chi connectivity index (χ3n) is 2.46. The van der Waals surface area contributed by atoms with Crippen LogP contribution in [0.4, 0.5) is 5.69 Å². The zero-order valence-corrected chi connectivity index (χ0v) is 10.3. The fourth-order valence-corrected chi connectivity index (χ4v) is 1.47. The number of hydrogen-bond donors (Lipinski definition) is 2. The first-order valence-corrected chi connectivity index (χ1v) is 5.89. The molecule has 6 nitrogen and oxygen atoms in total. The van der Waals surface area contributed by atoms with Crippen LogP contribution < -0.4 is 15.8 Å². The first-order valence-electron chi connectivity index (χ1n) is 5.89. The quantitative estimate of drug-likeness (QED) is 0.766. The van der Waals surface area contributed by atoms with Crippen LogP contribution in [-0.2, 0) is 11.3 Å². The molecule has 0 fully saturated rings. The number of aromatic nitrogens is 1. The molecule has 19 heavy (non-hydrogen) atoms. The second-order valence-corrected chi connectivity index (χ2v) is 3.90. The predicted octanol–water partition coefficient (Wildman–Crippen LogP) is 1.34. The van der Waals surface area contributed by atoms with Crippen molar-refractivity contribution in [2.45, 2.75) is 13.0 Å². The smallest absolute Gasteiger partial charge is 0.223 e. The third kappa shape index (κ3) is 4.02. The lowest BCUT2D eigenvalue weighted by molar-refractivity contribution is -0.121. The number of carbonyl (C=O) groups is 1. The highest BCUT2D eigenvalue weighted by Gasteiger charge is 2.04. The molecule has 0 unspecified atom stereocenters. The van der Waals surface area contributed by atoms with Gasteiger partial charge in [0.05, 0.1) is 25.3 Å². The minimum atomic E-state index is -0.113. The van der Waals surface area contributed by atoms with Gasteiger partial charge in [-0.15, -0.1) is 0 Å². The van der Waals surface area contributed by atoms with E-state index in [1.807, 2.05) is 12.1 Å². The molecule has 0 saturated carbocycles. The monoisotopic (exact) mass is 261 g/mol. The van der Waals surface area contributed by atoms with Gasteiger partial charge in [-0.25, -0.2) is 0 Å². The maximum atomic E-state index is 11.5. The molecular weight excluding hydrogens is 246 g/mol. The number of nitrogens with zero attached hydrogens (tertiary/aromatic N) is 1. The van der Waals surface area contributed by atoms with E-state index in [2.05, 4.69) is 15.0 Å². The molecule has 1 amide bonds. The summed E-state index contributed by atoms with van der Waals surface area (Å²) in [5.41, 5.74) is 6.96. The molecule has 0 radical (unpaired) electrons. The maximum Gasteiger partial charge on any atom is 0.223 e. The average Bonchev–Trinajstić information content (AvgIpc) is 2.92. The summed E-state index contributed by atoms with van der Waals surface area (Å²) < 4.78 is 10.1. The van der Waals surface area contributed by atoms with Crippen molar-refractivity contribution in [2.24, 2.45) is 0 Å². The zero-order valence-electron chi connectivity index (χ0n) is 10.3. The lowest BCUT2D eigenvalue weighted by atomic mass is 10.3. The van der Waals surface area contributed by atoms with Gasteiger partial charge in [0.25, 0.3) is 0 Å². The van der Waals surface area contributed by atoms with Crippen LogP contribution in [0.5, 0.6) is 5.75 Å². The molecule has 0 atom stereocenters. The van der Waals surface area contributed by atoms with E-state index in [1.165, 1.54) is 6.26 Å². The van der Waals surface area contributed by atoms with Crippen molar-refractivity contribution in [1.82, 2.24) is 10.5 Å². The highest BCUT2D eigenvalue weighted by atomic mass is 16.5. The molecule has 1 aromatic heterocycles. The lowest BCUT2D eigenvalue weighted by Gasteiger charge is -2.08. The molecular formula is C13H15N3O3. The van der Waals surface area contributed by atoms with Crippen molar-refractivity contribution >= 4 is 11.6 Å². The number of nitrogen functional groups attached to an aromatic ring is 1. The number of carbonyl (C=O) groups excluding carboxylic acids is 1. The molecule has 0 spiro atoms. The van der Waals surface area contributed by atoms with Gasteiger partial charge in [-0.1, -0.05) is 17.3 Å². The van der Waals surface area contributed by atoms with Crippen molar-refractivity contribution < 1.29 is 14.1 Å². The molecule has 100 valence electrons. The Morgan fingerprint density at radius 3 is 2.95 bits per heavy atom. The number of nitrogens with two attached hydrogens (primary N) is 1. The second-order valence-electron chi connectivity index (χ2n) is 3.90. The van der Waals surface area contributed by atoms with Gasteiger partial charge in [-0.3, -0.25) is 4.79 Å². The van der Waals surface area contributed by atoms with Gasteiger partial charge in [-0.05, 0) is 12.1 Å². The van der Waals surface area contributed by atoms with Crippen LogP contribution in [0.2, 0.25) is 0 Å². The van der Waals surface area contributed by atoms with E-state index in [0.29, 0.717) is 23.7 Å². The molecule has 3 N–H and O–H groups in total. The number of benzene rings is 1. The van der Waals surface area contributed by atoms with E-state index in [1.54, 1.807) is 18.2 Å². The molecule has 0 aliphatic carbocycles. The van der Waals surface area contributed by atoms with Gasteiger partial charge in [0.1, 0.15) is 17.7 Å². The number of ether oxygens (including phenoxy) is 1. The van der Waals surface area contributed by atoms with Gasteiger partial charge >= 0.3 is 0 Å². The van der Waals surface area contributed by atoms with Crippen molar-refractivity contribution in [3.05, 3.63) is 42.3 Å². The first-order chi connectivity index (χ1) is 9.25. The van der Waals surface area contributed by atoms with Crippen LogP contribution in [0.1, 0.15) is 12.1 Å². The summed E-state index contributed by atoms with van der Waals surface area (Å²) in [6.07, 6.45) is 1.72. The Morgan fingerprint density at radius 1 is 1.37 bits per heavy atom. The number of amides is 1. The largest absolute Gasteiger partial charge is 0.491 e. The number of anilines is 1. The van der Waals surface area contributed by atoms with Gasteiger partial charge in [0.2, 0.25) is 5.91 Å². The van der Waals surface area contributed by atoms with Crippen LogP contribution in [0.25, 0.3) is 0 Å². The van der Waals surface area contributed by atoms with E-state index < -0.39 is 0 Å². The standard InChI is InChI=1S/C13H15N3O3/c14-11-3-1-2-4-12(11)18-7-6-13(17)15-9-10-5-8-19-16-10/h1-5,8H,6-7,9,14H2,(H,15,17). The number of nitrogens with one attached hydrogen (secondary N) is 1. The SMILES string of the molecule is Nc1ccccc1OCCC(=O)NCc1ccon1. The Kier molecular flexibility index (Phi) is 4.39. The predicted molar refractivity (Wildman–Crippen MR) is 69.3 cm³/mol. The summed E-state index contributed by atoms with van der Waals surface area (Å²) in [6, 6.07) is 8.87. The Morgan fingerprint density at radius 2 is 2.21 bits per heavy atom. The fraction of sp³-hybridized carbons (Fsp3) is 0.231. The Balaban J connectivity index is 1.68. The molecule has 0 bridgehead atoms. The van der Waals surface area contributed by atoms with E-state index in [4.69, 9.17) is 10.5 Å². The number of rotatable bonds is 6. The van der Waals surface area contributed by atoms with Gasteiger partial charge in [0, 0.05) is 6.07 Å². The fourth-order valence-electron chi connectivity index (χ4n) is 1.47. The first kappa shape index (κ1) is 12.9. The molecule has 2 aromatic rings. The van der Waals surface area contributed by atoms with Gasteiger partial charge < -0.3 is 20.3 Å². The van der Waals surface area contributed by atoms with Crippen molar-refractivity contribution in [3.8, 4) is 5.75 Å². The Labute approximate surface area is 110 Å². The normalized spacial score (nSPS) is 10.1. The van der Waals surface area contributed by atoms with Gasteiger partial charge in [0.15, 0.2) is 0 Å². The maximum absolute atomic E-state index is 11.5. The third-order valence-corrected chi connectivity index (χ3v) is 2.46. The minimum absolute atomic E-state index is 0.113. The van der Waals surface area contributed by atoms with Crippen LogP contribution in [-0.4, -0.2) is 17.7 Å². The van der Waals surface area contributed by atoms with E-state index in [-0.39, 0.29) is 18.9 Å². The van der Waals surface area contributed by atoms with Crippen molar-refractivity contribution in [1.29, 1.82) is 0 Å². The summed E-state index contributed by atoms with van der Waals surface area (Å²) in [6.45, 7) is 0.627. The Hall–Kier alpha value is -2.50. The van der Waals surface area contributed by atoms with Crippen molar-refractivity contribution in [3.63, 3.8) is 0 Å². The number of hydrogen-bond acceptors (Lipinski definition) is 5. The topological polar surface area (TPSA) is 90.4 Å². The zero-order chi connectivity index (χ0) is 13.5. The van der Waals surface area contributed by atoms with Crippen LogP contribution in [0.3, 0.4) is 0 Å². The minimum Gasteiger partial charge on any atom is -0.491 e. The summed E-state index contributed by atoms with van der Waals surface area (Å²) >= 11 is 0. The summed E-state index contributed by atoms with van der Waals surface area (Å²) in [4.78, 5) is 11.5. The van der Waals surface area contributed by atoms with Crippen LogP contribution >= 0.6 is 0 Å². The summed E-state index contributed by atoms with van der Waals surface area (Å²) in [5, 5.41) is 6.40. The lowest BCUT2D eigenvalue weighted by Crippen LogP contribution is -2.24. The molecule has 1 heterocycles.